The molecule has 3 atom stereocenters. The van der Waals surface area contributed by atoms with Gasteiger partial charge in [0.25, 0.3) is 0 Å². The Balaban J connectivity index is 2.74. The van der Waals surface area contributed by atoms with Crippen LogP contribution in [0, 0.1) is 5.92 Å². The smallest absolute Gasteiger partial charge is 0.326 e. The van der Waals surface area contributed by atoms with Crippen LogP contribution in [-0.2, 0) is 20.8 Å². The van der Waals surface area contributed by atoms with E-state index in [0.29, 0.717) is 19.3 Å². The predicted molar refractivity (Wildman–Crippen MR) is 119 cm³/mol. The number of guanidine groups is 1. The van der Waals surface area contributed by atoms with Gasteiger partial charge >= 0.3 is 5.97 Å². The summed E-state index contributed by atoms with van der Waals surface area (Å²) in [5, 5.41) is 14.6. The van der Waals surface area contributed by atoms with Crippen molar-refractivity contribution < 1.29 is 19.5 Å². The number of hydrogen-bond donors (Lipinski definition) is 6. The summed E-state index contributed by atoms with van der Waals surface area (Å²) in [6, 6.07) is 6.47. The number of rotatable bonds is 13. The van der Waals surface area contributed by atoms with Crippen LogP contribution < -0.4 is 27.8 Å². The van der Waals surface area contributed by atoms with E-state index in [1.165, 1.54) is 0 Å². The fourth-order valence-corrected chi connectivity index (χ4v) is 2.98. The summed E-state index contributed by atoms with van der Waals surface area (Å²) in [7, 11) is 0. The van der Waals surface area contributed by atoms with Gasteiger partial charge in [-0.1, -0.05) is 44.2 Å². The van der Waals surface area contributed by atoms with Crippen molar-refractivity contribution in [3.63, 3.8) is 0 Å². The van der Waals surface area contributed by atoms with Crippen LogP contribution in [0.4, 0.5) is 0 Å². The molecule has 2 amide bonds. The molecule has 9 N–H and O–H groups in total. The molecule has 0 fully saturated rings. The van der Waals surface area contributed by atoms with Crippen molar-refractivity contribution >= 4 is 23.7 Å². The number of nitrogens with one attached hydrogen (secondary N) is 2. The summed E-state index contributed by atoms with van der Waals surface area (Å²) in [6.45, 7) is 4.06. The zero-order valence-corrected chi connectivity index (χ0v) is 18.1. The zero-order valence-electron chi connectivity index (χ0n) is 18.1. The first kappa shape index (κ1) is 25.9. The maximum atomic E-state index is 12.8. The SMILES string of the molecule is CC(C)C[C@H](NC(=O)[C@@H](N)Cc1ccccc1)C(=O)N[C@H](CCCN=C(N)N)C(=O)O. The Morgan fingerprint density at radius 3 is 2.19 bits per heavy atom. The molecule has 0 unspecified atom stereocenters. The van der Waals surface area contributed by atoms with Crippen LogP contribution in [0.1, 0.15) is 38.7 Å². The normalized spacial score (nSPS) is 13.7. The van der Waals surface area contributed by atoms with E-state index in [-0.39, 0.29) is 24.8 Å². The second-order valence-electron chi connectivity index (χ2n) is 7.84. The molecule has 10 heteroatoms. The first-order valence-corrected chi connectivity index (χ1v) is 10.3. The summed E-state index contributed by atoms with van der Waals surface area (Å²) in [5.41, 5.74) is 17.4. The fourth-order valence-electron chi connectivity index (χ4n) is 2.98. The third-order valence-electron chi connectivity index (χ3n) is 4.54. The largest absolute Gasteiger partial charge is 0.480 e. The van der Waals surface area contributed by atoms with Crippen molar-refractivity contribution in [1.82, 2.24) is 10.6 Å². The van der Waals surface area contributed by atoms with E-state index < -0.39 is 35.9 Å². The quantitative estimate of drug-likeness (QED) is 0.140. The Labute approximate surface area is 182 Å². The maximum absolute atomic E-state index is 12.8. The van der Waals surface area contributed by atoms with Crippen LogP contribution in [0.15, 0.2) is 35.3 Å². The lowest BCUT2D eigenvalue weighted by atomic mass is 10.0. The van der Waals surface area contributed by atoms with Crippen molar-refractivity contribution in [2.45, 2.75) is 57.7 Å². The van der Waals surface area contributed by atoms with Crippen LogP contribution in [-0.4, -0.2) is 53.5 Å². The van der Waals surface area contributed by atoms with E-state index in [4.69, 9.17) is 17.2 Å². The average molecular weight is 435 g/mol. The van der Waals surface area contributed by atoms with E-state index >= 15 is 0 Å². The molecule has 0 aliphatic carbocycles. The van der Waals surface area contributed by atoms with Gasteiger partial charge in [-0.05, 0) is 37.2 Å². The number of benzene rings is 1. The number of hydrogen-bond acceptors (Lipinski definition) is 5. The number of nitrogens with zero attached hydrogens (tertiary/aromatic N) is 1. The van der Waals surface area contributed by atoms with Crippen molar-refractivity contribution in [1.29, 1.82) is 0 Å². The highest BCUT2D eigenvalue weighted by molar-refractivity contribution is 5.91. The van der Waals surface area contributed by atoms with E-state index in [2.05, 4.69) is 15.6 Å². The van der Waals surface area contributed by atoms with E-state index in [1.54, 1.807) is 0 Å². The molecule has 0 saturated heterocycles. The number of carbonyl (C=O) groups excluding carboxylic acids is 2. The standard InChI is InChI=1S/C21H34N6O4/c1-13(2)11-17(27-18(28)15(22)12-14-7-4-3-5-8-14)19(29)26-16(20(30)31)9-6-10-25-21(23)24/h3-5,7-8,13,15-17H,6,9-12,22H2,1-2H3,(H,26,29)(H,27,28)(H,30,31)(H4,23,24,25)/t15-,16+,17-/m0/s1. The molecule has 0 radical (unpaired) electrons. The Morgan fingerprint density at radius 1 is 1.03 bits per heavy atom. The molecule has 1 aromatic carbocycles. The third-order valence-corrected chi connectivity index (χ3v) is 4.54. The first-order chi connectivity index (χ1) is 14.6. The lowest BCUT2D eigenvalue weighted by Gasteiger charge is -2.24. The second kappa shape index (κ2) is 13.2. The Bertz CT molecular complexity index is 749. The van der Waals surface area contributed by atoms with Gasteiger partial charge < -0.3 is 32.9 Å². The molecule has 10 nitrogen and oxygen atoms in total. The van der Waals surface area contributed by atoms with Crippen molar-refractivity contribution in [3.05, 3.63) is 35.9 Å². The summed E-state index contributed by atoms with van der Waals surface area (Å²) in [4.78, 5) is 40.7. The maximum Gasteiger partial charge on any atom is 0.326 e. The molecule has 0 aliphatic heterocycles. The first-order valence-electron chi connectivity index (χ1n) is 10.3. The molecule has 1 rings (SSSR count). The molecule has 0 heterocycles. The van der Waals surface area contributed by atoms with Gasteiger partial charge in [0.15, 0.2) is 5.96 Å². The summed E-state index contributed by atoms with van der Waals surface area (Å²) in [6.07, 6.45) is 1.19. The third kappa shape index (κ3) is 10.4. The van der Waals surface area contributed by atoms with Crippen LogP contribution in [0.3, 0.4) is 0 Å². The Morgan fingerprint density at radius 2 is 1.65 bits per heavy atom. The number of amides is 2. The highest BCUT2D eigenvalue weighted by atomic mass is 16.4. The number of nitrogens with two attached hydrogens (primary N) is 3. The van der Waals surface area contributed by atoms with E-state index in [1.807, 2.05) is 44.2 Å². The molecule has 172 valence electrons. The van der Waals surface area contributed by atoms with Crippen molar-refractivity contribution in [2.75, 3.05) is 6.54 Å². The number of aliphatic carboxylic acids is 1. The molecular weight excluding hydrogens is 400 g/mol. The minimum atomic E-state index is -1.17. The van der Waals surface area contributed by atoms with Crippen LogP contribution in [0.25, 0.3) is 0 Å². The summed E-state index contributed by atoms with van der Waals surface area (Å²) in [5.74, 6) is -2.20. The summed E-state index contributed by atoms with van der Waals surface area (Å²) >= 11 is 0. The van der Waals surface area contributed by atoms with Gasteiger partial charge in [0.05, 0.1) is 6.04 Å². The van der Waals surface area contributed by atoms with Gasteiger partial charge in [0.1, 0.15) is 12.1 Å². The molecule has 0 aromatic heterocycles. The van der Waals surface area contributed by atoms with Crippen LogP contribution in [0.2, 0.25) is 0 Å². The Kier molecular flexibility index (Phi) is 11.0. The van der Waals surface area contributed by atoms with Gasteiger partial charge in [-0.3, -0.25) is 14.6 Å². The minimum Gasteiger partial charge on any atom is -0.480 e. The van der Waals surface area contributed by atoms with Crippen LogP contribution in [0.5, 0.6) is 0 Å². The lowest BCUT2D eigenvalue weighted by molar-refractivity contribution is -0.142. The number of carbonyl (C=O) groups is 3. The molecule has 1 aromatic rings. The Hall–Kier alpha value is -3.14. The average Bonchev–Trinajstić information content (AvgIpc) is 2.69. The second-order valence-corrected chi connectivity index (χ2v) is 7.84. The fraction of sp³-hybridized carbons (Fsp3) is 0.524. The van der Waals surface area contributed by atoms with E-state index in [0.717, 1.165) is 5.56 Å². The van der Waals surface area contributed by atoms with Gasteiger partial charge in [-0.2, -0.15) is 0 Å². The molecule has 0 bridgehead atoms. The number of carboxylic acids is 1. The van der Waals surface area contributed by atoms with E-state index in [9.17, 15) is 19.5 Å². The number of aliphatic imine (C=N–C) groups is 1. The molecular formula is C21H34N6O4. The van der Waals surface area contributed by atoms with Gasteiger partial charge in [0, 0.05) is 6.54 Å². The lowest BCUT2D eigenvalue weighted by Crippen LogP contribution is -2.55. The van der Waals surface area contributed by atoms with Gasteiger partial charge in [-0.25, -0.2) is 4.79 Å². The molecule has 0 spiro atoms. The molecule has 0 saturated carbocycles. The van der Waals surface area contributed by atoms with Crippen molar-refractivity contribution in [2.24, 2.45) is 28.1 Å². The molecule has 0 aliphatic rings. The van der Waals surface area contributed by atoms with Crippen molar-refractivity contribution in [3.8, 4) is 0 Å². The topological polar surface area (TPSA) is 186 Å². The molecule has 31 heavy (non-hydrogen) atoms. The zero-order chi connectivity index (χ0) is 23.4. The summed E-state index contributed by atoms with van der Waals surface area (Å²) < 4.78 is 0. The number of carboxylic acid groups (broad SMARTS) is 1. The van der Waals surface area contributed by atoms with Crippen LogP contribution >= 0.6 is 0 Å². The highest BCUT2D eigenvalue weighted by Gasteiger charge is 2.28. The highest BCUT2D eigenvalue weighted by Crippen LogP contribution is 2.08. The minimum absolute atomic E-state index is 0.0811. The van der Waals surface area contributed by atoms with Gasteiger partial charge in [-0.15, -0.1) is 0 Å². The van der Waals surface area contributed by atoms with Gasteiger partial charge in [0.2, 0.25) is 11.8 Å². The predicted octanol–water partition coefficient (Wildman–Crippen LogP) is -0.290. The monoisotopic (exact) mass is 434 g/mol.